The van der Waals surface area contributed by atoms with Crippen LogP contribution >= 0.6 is 0 Å². The van der Waals surface area contributed by atoms with Crippen LogP contribution in [0.25, 0.3) is 0 Å². The molecule has 0 amide bonds. The van der Waals surface area contributed by atoms with Gasteiger partial charge in [-0.15, -0.1) is 0 Å². The van der Waals surface area contributed by atoms with Crippen LogP contribution in [-0.2, 0) is 10.3 Å². The van der Waals surface area contributed by atoms with Gasteiger partial charge in [-0.05, 0) is 49.6 Å². The third-order valence-corrected chi connectivity index (χ3v) is 7.38. The molecule has 6 rings (SSSR count). The van der Waals surface area contributed by atoms with Gasteiger partial charge in [-0.3, -0.25) is 0 Å². The molecule has 1 atom stereocenters. The number of esters is 1. The van der Waals surface area contributed by atoms with E-state index < -0.39 is 5.60 Å². The molecule has 1 aliphatic carbocycles. The van der Waals surface area contributed by atoms with Gasteiger partial charge in [0.15, 0.2) is 5.60 Å². The zero-order valence-electron chi connectivity index (χ0n) is 18.6. The molecule has 32 heavy (non-hydrogen) atoms. The lowest BCUT2D eigenvalue weighted by molar-refractivity contribution is 0.0224. The van der Waals surface area contributed by atoms with Crippen molar-refractivity contribution in [2.75, 3.05) is 11.9 Å². The molecule has 3 aliphatic rings. The summed E-state index contributed by atoms with van der Waals surface area (Å²) in [6.45, 7) is 2.05. The van der Waals surface area contributed by atoms with Crippen LogP contribution in [-0.4, -0.2) is 19.1 Å². The molecule has 4 heteroatoms. The van der Waals surface area contributed by atoms with Gasteiger partial charge in [0.05, 0.1) is 5.56 Å². The Morgan fingerprint density at radius 2 is 1.59 bits per heavy atom. The van der Waals surface area contributed by atoms with E-state index in [-0.39, 0.29) is 5.97 Å². The first-order valence-corrected chi connectivity index (χ1v) is 11.6. The van der Waals surface area contributed by atoms with Crippen LogP contribution < -0.4 is 9.64 Å². The third kappa shape index (κ3) is 2.72. The van der Waals surface area contributed by atoms with Crippen molar-refractivity contribution in [3.8, 4) is 11.5 Å². The summed E-state index contributed by atoms with van der Waals surface area (Å²) >= 11 is 0. The van der Waals surface area contributed by atoms with Gasteiger partial charge in [0, 0.05) is 41.5 Å². The highest BCUT2D eigenvalue weighted by atomic mass is 16.6. The molecule has 3 aromatic carbocycles. The molecular formula is C28H27NO3. The largest absolute Gasteiger partial charge is 0.456 e. The van der Waals surface area contributed by atoms with Crippen molar-refractivity contribution >= 4 is 11.7 Å². The Morgan fingerprint density at radius 1 is 0.875 bits per heavy atom. The fourth-order valence-electron chi connectivity index (χ4n) is 5.67. The van der Waals surface area contributed by atoms with Gasteiger partial charge in [-0.25, -0.2) is 4.79 Å². The van der Waals surface area contributed by atoms with Gasteiger partial charge in [-0.2, -0.15) is 0 Å². The first kappa shape index (κ1) is 19.4. The van der Waals surface area contributed by atoms with Gasteiger partial charge in [0.1, 0.15) is 11.5 Å². The Labute approximate surface area is 188 Å². The van der Waals surface area contributed by atoms with Gasteiger partial charge in [0.25, 0.3) is 0 Å². The molecule has 0 N–H and O–H groups in total. The van der Waals surface area contributed by atoms with E-state index in [0.29, 0.717) is 11.6 Å². The molecular weight excluding hydrogens is 398 g/mol. The summed E-state index contributed by atoms with van der Waals surface area (Å²) in [5.41, 5.74) is 4.53. The first-order chi connectivity index (χ1) is 15.6. The summed E-state index contributed by atoms with van der Waals surface area (Å²) in [5, 5.41) is 0. The summed E-state index contributed by atoms with van der Waals surface area (Å²) in [7, 11) is 2.18. The summed E-state index contributed by atoms with van der Waals surface area (Å²) in [6, 6.07) is 20.7. The molecule has 1 saturated carbocycles. The van der Waals surface area contributed by atoms with E-state index in [2.05, 4.69) is 36.2 Å². The predicted octanol–water partition coefficient (Wildman–Crippen LogP) is 6.33. The maximum Gasteiger partial charge on any atom is 0.340 e. The van der Waals surface area contributed by atoms with Crippen LogP contribution in [0.4, 0.5) is 5.69 Å². The number of hydrogen-bond acceptors (Lipinski definition) is 4. The zero-order valence-corrected chi connectivity index (χ0v) is 18.6. The predicted molar refractivity (Wildman–Crippen MR) is 125 cm³/mol. The van der Waals surface area contributed by atoms with Crippen LogP contribution in [0, 0.1) is 6.92 Å². The molecule has 4 nitrogen and oxygen atoms in total. The lowest BCUT2D eigenvalue weighted by Crippen LogP contribution is -2.35. The molecule has 2 aliphatic heterocycles. The molecule has 1 fully saturated rings. The van der Waals surface area contributed by atoms with Crippen molar-refractivity contribution in [2.45, 2.75) is 50.7 Å². The number of carbonyl (C=O) groups is 1. The number of aryl methyl sites for hydroxylation is 1. The minimum atomic E-state index is -0.980. The monoisotopic (exact) mass is 425 g/mol. The second-order valence-corrected chi connectivity index (χ2v) is 9.30. The fourth-order valence-corrected chi connectivity index (χ4v) is 5.67. The van der Waals surface area contributed by atoms with Gasteiger partial charge in [-0.1, -0.05) is 49.6 Å². The Morgan fingerprint density at radius 3 is 2.41 bits per heavy atom. The van der Waals surface area contributed by atoms with E-state index in [9.17, 15) is 4.79 Å². The summed E-state index contributed by atoms with van der Waals surface area (Å²) in [4.78, 5) is 15.3. The second-order valence-electron chi connectivity index (χ2n) is 9.30. The normalized spacial score (nSPS) is 21.4. The minimum absolute atomic E-state index is 0.289. The molecule has 3 aromatic rings. The van der Waals surface area contributed by atoms with Crippen molar-refractivity contribution in [2.24, 2.45) is 0 Å². The average molecular weight is 426 g/mol. The number of benzene rings is 3. The summed E-state index contributed by atoms with van der Waals surface area (Å²) < 4.78 is 12.7. The highest BCUT2D eigenvalue weighted by molar-refractivity contribution is 5.97. The van der Waals surface area contributed by atoms with Crippen molar-refractivity contribution in [3.05, 3.63) is 88.5 Å². The molecule has 1 unspecified atom stereocenters. The van der Waals surface area contributed by atoms with Crippen molar-refractivity contribution in [3.63, 3.8) is 0 Å². The Hall–Kier alpha value is -3.27. The highest BCUT2D eigenvalue weighted by Gasteiger charge is 2.53. The molecule has 0 radical (unpaired) electrons. The first-order valence-electron chi connectivity index (χ1n) is 11.6. The molecule has 0 bridgehead atoms. The van der Waals surface area contributed by atoms with Gasteiger partial charge < -0.3 is 14.4 Å². The lowest BCUT2D eigenvalue weighted by atomic mass is 9.77. The maximum atomic E-state index is 12.9. The molecule has 162 valence electrons. The maximum absolute atomic E-state index is 12.9. The molecule has 0 saturated heterocycles. The number of rotatable bonds is 2. The number of hydrogen-bond donors (Lipinski definition) is 0. The molecule has 1 spiro atoms. The quantitative estimate of drug-likeness (QED) is 0.450. The lowest BCUT2D eigenvalue weighted by Gasteiger charge is -2.38. The molecule has 0 aromatic heterocycles. The Bertz CT molecular complexity index is 1230. The summed E-state index contributed by atoms with van der Waals surface area (Å²) in [5.74, 6) is 1.22. The number of ether oxygens (including phenoxy) is 2. The van der Waals surface area contributed by atoms with Crippen LogP contribution in [0.15, 0.2) is 60.7 Å². The van der Waals surface area contributed by atoms with Crippen LogP contribution in [0.5, 0.6) is 11.5 Å². The SMILES string of the molecule is Cc1ccc2c(c1)Oc1cc(N(C)C3CCCCC3)ccc1C21OC(=O)c2ccccc21. The van der Waals surface area contributed by atoms with Crippen molar-refractivity contribution < 1.29 is 14.3 Å². The van der Waals surface area contributed by atoms with Gasteiger partial charge in [0.2, 0.25) is 0 Å². The highest BCUT2D eigenvalue weighted by Crippen LogP contribution is 2.56. The minimum Gasteiger partial charge on any atom is -0.456 e. The number of nitrogens with zero attached hydrogens (tertiary/aromatic N) is 1. The van der Waals surface area contributed by atoms with Crippen molar-refractivity contribution in [1.29, 1.82) is 0 Å². The number of fused-ring (bicyclic) bond motifs is 6. The van der Waals surface area contributed by atoms with Crippen LogP contribution in [0.2, 0.25) is 0 Å². The number of anilines is 1. The Kier molecular flexibility index (Phi) is 4.32. The van der Waals surface area contributed by atoms with E-state index in [1.807, 2.05) is 43.3 Å². The average Bonchev–Trinajstić information content (AvgIpc) is 3.12. The smallest absolute Gasteiger partial charge is 0.340 e. The van der Waals surface area contributed by atoms with Gasteiger partial charge >= 0.3 is 5.97 Å². The van der Waals surface area contributed by atoms with E-state index in [1.165, 1.54) is 32.1 Å². The standard InChI is InChI=1S/C28H27NO3/c1-18-12-14-23-25(16-18)31-26-17-20(29(2)19-8-4-3-5-9-19)13-15-24(26)28(23)22-11-7-6-10-21(22)27(30)32-28/h6-7,10-17,19H,3-5,8-9H2,1-2H3. The van der Waals surface area contributed by atoms with Crippen LogP contribution in [0.1, 0.15) is 64.7 Å². The molecule has 2 heterocycles. The summed E-state index contributed by atoms with van der Waals surface area (Å²) in [6.07, 6.45) is 6.37. The van der Waals surface area contributed by atoms with Crippen molar-refractivity contribution in [1.82, 2.24) is 0 Å². The van der Waals surface area contributed by atoms with E-state index in [4.69, 9.17) is 9.47 Å². The van der Waals surface area contributed by atoms with E-state index >= 15 is 0 Å². The number of carbonyl (C=O) groups excluding carboxylic acids is 1. The van der Waals surface area contributed by atoms with E-state index in [1.54, 1.807) is 0 Å². The topological polar surface area (TPSA) is 38.8 Å². The second kappa shape index (κ2) is 7.13. The van der Waals surface area contributed by atoms with E-state index in [0.717, 1.165) is 39.4 Å². The fraction of sp³-hybridized carbons (Fsp3) is 0.321. The van der Waals surface area contributed by atoms with Crippen LogP contribution in [0.3, 0.4) is 0 Å². The zero-order chi connectivity index (χ0) is 21.9. The Balaban J connectivity index is 1.53. The third-order valence-electron chi connectivity index (χ3n) is 7.38.